The van der Waals surface area contributed by atoms with Crippen molar-refractivity contribution in [1.82, 2.24) is 4.57 Å². The number of hydrogen-bond acceptors (Lipinski definition) is 2. The zero-order chi connectivity index (χ0) is 14.9. The molecule has 104 valence electrons. The lowest BCUT2D eigenvalue weighted by molar-refractivity contribution is 0.727. The number of benzene rings is 1. The van der Waals surface area contributed by atoms with E-state index in [0.717, 1.165) is 11.3 Å². The van der Waals surface area contributed by atoms with Crippen molar-refractivity contribution in [2.45, 2.75) is 27.3 Å². The van der Waals surface area contributed by atoms with Crippen molar-refractivity contribution in [3.63, 3.8) is 0 Å². The van der Waals surface area contributed by atoms with Gasteiger partial charge in [0, 0.05) is 5.69 Å². The second kappa shape index (κ2) is 5.59. The molecule has 0 saturated carbocycles. The van der Waals surface area contributed by atoms with Gasteiger partial charge in [-0.25, -0.2) is 0 Å². The molecule has 0 aliphatic rings. The molecule has 0 aliphatic heterocycles. The molecule has 0 bridgehead atoms. The summed E-state index contributed by atoms with van der Waals surface area (Å²) in [4.78, 5) is 12.5. The van der Waals surface area contributed by atoms with E-state index in [-0.39, 0.29) is 10.5 Å². The number of nitrogens with zero attached hydrogens (tertiary/aromatic N) is 1. The summed E-state index contributed by atoms with van der Waals surface area (Å²) in [5, 5.41) is 0. The first-order chi connectivity index (χ1) is 9.38. The van der Waals surface area contributed by atoms with Crippen molar-refractivity contribution in [3.8, 4) is 0 Å². The van der Waals surface area contributed by atoms with E-state index < -0.39 is 0 Å². The fourth-order valence-electron chi connectivity index (χ4n) is 2.40. The summed E-state index contributed by atoms with van der Waals surface area (Å²) < 4.78 is 1.71. The highest BCUT2D eigenvalue weighted by Gasteiger charge is 2.09. The zero-order valence-electron chi connectivity index (χ0n) is 11.9. The molecule has 4 heteroatoms. The van der Waals surface area contributed by atoms with E-state index in [9.17, 15) is 4.79 Å². The Kier molecular flexibility index (Phi) is 4.04. The van der Waals surface area contributed by atoms with E-state index in [0.29, 0.717) is 12.1 Å². The van der Waals surface area contributed by atoms with Gasteiger partial charge in [-0.1, -0.05) is 41.5 Å². The SMILES string of the molecule is Cc1cc(C)cc(Cn2c(C)ccc(C(N)=S)c2=O)c1. The third-order valence-corrected chi connectivity index (χ3v) is 3.50. The molecule has 0 atom stereocenters. The maximum absolute atomic E-state index is 12.4. The predicted molar refractivity (Wildman–Crippen MR) is 86.3 cm³/mol. The van der Waals surface area contributed by atoms with Crippen molar-refractivity contribution in [1.29, 1.82) is 0 Å². The van der Waals surface area contributed by atoms with Gasteiger partial charge in [-0.2, -0.15) is 0 Å². The summed E-state index contributed by atoms with van der Waals surface area (Å²) in [5.41, 5.74) is 10.2. The summed E-state index contributed by atoms with van der Waals surface area (Å²) in [7, 11) is 0. The summed E-state index contributed by atoms with van der Waals surface area (Å²) in [6.45, 7) is 6.55. The van der Waals surface area contributed by atoms with Gasteiger partial charge in [-0.3, -0.25) is 4.79 Å². The first-order valence-corrected chi connectivity index (χ1v) is 6.86. The van der Waals surface area contributed by atoms with E-state index in [1.54, 1.807) is 10.6 Å². The van der Waals surface area contributed by atoms with Gasteiger partial charge < -0.3 is 10.3 Å². The van der Waals surface area contributed by atoms with Gasteiger partial charge in [-0.15, -0.1) is 0 Å². The Bertz CT molecular complexity index is 711. The van der Waals surface area contributed by atoms with E-state index in [1.165, 1.54) is 11.1 Å². The van der Waals surface area contributed by atoms with Crippen LogP contribution in [0.25, 0.3) is 0 Å². The van der Waals surface area contributed by atoms with E-state index in [2.05, 4.69) is 32.0 Å². The Hall–Kier alpha value is -1.94. The van der Waals surface area contributed by atoms with E-state index in [4.69, 9.17) is 18.0 Å². The van der Waals surface area contributed by atoms with Gasteiger partial charge in [0.2, 0.25) is 0 Å². The van der Waals surface area contributed by atoms with Crippen LogP contribution in [0.4, 0.5) is 0 Å². The van der Waals surface area contributed by atoms with Crippen LogP contribution in [0.2, 0.25) is 0 Å². The lowest BCUT2D eigenvalue weighted by Crippen LogP contribution is -2.30. The number of thiocarbonyl (C=S) groups is 1. The van der Waals surface area contributed by atoms with Gasteiger partial charge in [0.05, 0.1) is 12.1 Å². The minimum atomic E-state index is -0.128. The molecule has 2 aromatic rings. The van der Waals surface area contributed by atoms with Gasteiger partial charge in [0.15, 0.2) is 0 Å². The smallest absolute Gasteiger partial charge is 0.261 e. The Morgan fingerprint density at radius 3 is 2.30 bits per heavy atom. The molecule has 3 nitrogen and oxygen atoms in total. The van der Waals surface area contributed by atoms with Crippen LogP contribution >= 0.6 is 12.2 Å². The van der Waals surface area contributed by atoms with Crippen molar-refractivity contribution in [2.75, 3.05) is 0 Å². The van der Waals surface area contributed by atoms with Crippen molar-refractivity contribution < 1.29 is 0 Å². The Labute approximate surface area is 124 Å². The molecule has 1 aromatic carbocycles. The first kappa shape index (κ1) is 14.5. The third-order valence-electron chi connectivity index (χ3n) is 3.28. The average molecular weight is 286 g/mol. The molecule has 0 amide bonds. The first-order valence-electron chi connectivity index (χ1n) is 6.46. The molecule has 2 N–H and O–H groups in total. The summed E-state index contributed by atoms with van der Waals surface area (Å²) in [6, 6.07) is 9.86. The Morgan fingerprint density at radius 2 is 1.75 bits per heavy atom. The van der Waals surface area contributed by atoms with Crippen molar-refractivity contribution in [3.05, 3.63) is 68.6 Å². The number of rotatable bonds is 3. The molecular weight excluding hydrogens is 268 g/mol. The normalized spacial score (nSPS) is 10.6. The maximum Gasteiger partial charge on any atom is 0.261 e. The van der Waals surface area contributed by atoms with Gasteiger partial charge in [0.25, 0.3) is 5.56 Å². The zero-order valence-corrected chi connectivity index (χ0v) is 12.8. The van der Waals surface area contributed by atoms with E-state index >= 15 is 0 Å². The van der Waals surface area contributed by atoms with Gasteiger partial charge >= 0.3 is 0 Å². The Balaban J connectivity index is 2.50. The van der Waals surface area contributed by atoms with Gasteiger partial charge in [-0.05, 0) is 38.5 Å². The minimum absolute atomic E-state index is 0.128. The highest BCUT2D eigenvalue weighted by atomic mass is 32.1. The minimum Gasteiger partial charge on any atom is -0.389 e. The third kappa shape index (κ3) is 2.96. The number of nitrogens with two attached hydrogens (primary N) is 1. The largest absolute Gasteiger partial charge is 0.389 e. The quantitative estimate of drug-likeness (QED) is 0.882. The number of aryl methyl sites for hydroxylation is 3. The van der Waals surface area contributed by atoms with Crippen molar-refractivity contribution in [2.24, 2.45) is 5.73 Å². The monoisotopic (exact) mass is 286 g/mol. The summed E-state index contributed by atoms with van der Waals surface area (Å²) in [5.74, 6) is 0. The fourth-order valence-corrected chi connectivity index (χ4v) is 2.55. The molecule has 0 spiro atoms. The predicted octanol–water partition coefficient (Wildman–Crippen LogP) is 2.46. The molecule has 0 aliphatic carbocycles. The lowest BCUT2D eigenvalue weighted by atomic mass is 10.1. The Morgan fingerprint density at radius 1 is 1.15 bits per heavy atom. The molecular formula is C16H18N2OS. The number of aromatic nitrogens is 1. The van der Waals surface area contributed by atoms with Crippen molar-refractivity contribution >= 4 is 17.2 Å². The fraction of sp³-hybridized carbons (Fsp3) is 0.250. The molecule has 0 saturated heterocycles. The summed E-state index contributed by atoms with van der Waals surface area (Å²) >= 11 is 4.92. The molecule has 2 rings (SSSR count). The second-order valence-electron chi connectivity index (χ2n) is 5.14. The standard InChI is InChI=1S/C16H18N2OS/c1-10-6-11(2)8-13(7-10)9-18-12(3)4-5-14(15(17)20)16(18)19/h4-8H,9H2,1-3H3,(H2,17,20). The topological polar surface area (TPSA) is 48.0 Å². The number of pyridine rings is 1. The number of hydrogen-bond donors (Lipinski definition) is 1. The van der Waals surface area contributed by atoms with Crippen LogP contribution in [-0.2, 0) is 6.54 Å². The highest BCUT2D eigenvalue weighted by molar-refractivity contribution is 7.80. The van der Waals surface area contributed by atoms with Crippen LogP contribution in [0.1, 0.15) is 27.9 Å². The maximum atomic E-state index is 12.4. The van der Waals surface area contributed by atoms with Crippen LogP contribution in [-0.4, -0.2) is 9.56 Å². The summed E-state index contributed by atoms with van der Waals surface area (Å²) in [6.07, 6.45) is 0. The van der Waals surface area contributed by atoms with Crippen LogP contribution in [0.3, 0.4) is 0 Å². The molecule has 0 fully saturated rings. The molecule has 1 heterocycles. The highest BCUT2D eigenvalue weighted by Crippen LogP contribution is 2.11. The second-order valence-corrected chi connectivity index (χ2v) is 5.58. The molecule has 0 unspecified atom stereocenters. The molecule has 20 heavy (non-hydrogen) atoms. The molecule has 0 radical (unpaired) electrons. The van der Waals surface area contributed by atoms with Crippen LogP contribution < -0.4 is 11.3 Å². The van der Waals surface area contributed by atoms with E-state index in [1.807, 2.05) is 13.0 Å². The average Bonchev–Trinajstić information content (AvgIpc) is 2.32. The van der Waals surface area contributed by atoms with Crippen LogP contribution in [0.15, 0.2) is 35.1 Å². The lowest BCUT2D eigenvalue weighted by Gasteiger charge is -2.13. The van der Waals surface area contributed by atoms with Gasteiger partial charge in [0.1, 0.15) is 4.99 Å². The van der Waals surface area contributed by atoms with Crippen LogP contribution in [0, 0.1) is 20.8 Å². The van der Waals surface area contributed by atoms with Crippen LogP contribution in [0.5, 0.6) is 0 Å². The molecule has 1 aromatic heterocycles.